The molecule has 0 heterocycles. The van der Waals surface area contributed by atoms with E-state index in [9.17, 15) is 4.79 Å². The zero-order valence-corrected chi connectivity index (χ0v) is 10.1. The second-order valence-electron chi connectivity index (χ2n) is 4.38. The van der Waals surface area contributed by atoms with Crippen molar-refractivity contribution in [2.75, 3.05) is 6.61 Å². The molecular weight excluding hydrogens is 232 g/mol. The van der Waals surface area contributed by atoms with Crippen LogP contribution in [0.2, 0.25) is 0 Å². The smallest absolute Gasteiger partial charge is 0.309 e. The molecule has 0 bridgehead atoms. The van der Waals surface area contributed by atoms with Gasteiger partial charge in [-0.1, -0.05) is 36.7 Å². The number of carbonyl (C=O) groups is 1. The predicted octanol–water partition coefficient (Wildman–Crippen LogP) is 2.75. The number of carbonyl (C=O) groups excluding carboxylic acids is 1. The minimum atomic E-state index is -0.0251. The molecule has 1 aliphatic carbocycles. The first-order valence-electron chi connectivity index (χ1n) is 4.78. The number of ether oxygens (including phenoxy) is 1. The number of hydrogen-bond donors (Lipinski definition) is 0. The molecule has 0 aromatic rings. The van der Waals surface area contributed by atoms with E-state index in [1.165, 1.54) is 0 Å². The summed E-state index contributed by atoms with van der Waals surface area (Å²) in [6.07, 6.45) is 1.96. The normalized spacial score (nSPS) is 26.6. The fourth-order valence-electron chi connectivity index (χ4n) is 1.26. The molecule has 1 unspecified atom stereocenters. The largest absolute Gasteiger partial charge is 0.464 e. The third kappa shape index (κ3) is 2.97. The molecule has 0 spiro atoms. The summed E-state index contributed by atoms with van der Waals surface area (Å²) in [5.41, 5.74) is 0.186. The minimum Gasteiger partial charge on any atom is -0.464 e. The quantitative estimate of drug-likeness (QED) is 0.565. The van der Waals surface area contributed by atoms with Gasteiger partial charge in [0.15, 0.2) is 0 Å². The summed E-state index contributed by atoms with van der Waals surface area (Å²) in [4.78, 5) is 11.7. The van der Waals surface area contributed by atoms with E-state index >= 15 is 0 Å². The number of alkyl halides is 1. The highest BCUT2D eigenvalue weighted by Crippen LogP contribution is 2.52. The first-order chi connectivity index (χ1) is 5.97. The molecule has 0 saturated heterocycles. The Labute approximate surface area is 88.2 Å². The van der Waals surface area contributed by atoms with Gasteiger partial charge in [-0.3, -0.25) is 4.79 Å². The van der Waals surface area contributed by atoms with Gasteiger partial charge in [0.05, 0.1) is 5.92 Å². The molecule has 3 heteroatoms. The maximum atomic E-state index is 11.4. The highest BCUT2D eigenvalue weighted by Gasteiger charge is 2.51. The molecule has 1 saturated carbocycles. The summed E-state index contributed by atoms with van der Waals surface area (Å²) in [5, 5.41) is 0. The highest BCUT2D eigenvalue weighted by atomic mass is 79.9. The second kappa shape index (κ2) is 3.99. The molecule has 0 aromatic heterocycles. The molecule has 2 nitrogen and oxygen atoms in total. The van der Waals surface area contributed by atoms with E-state index in [4.69, 9.17) is 4.74 Å². The van der Waals surface area contributed by atoms with Gasteiger partial charge in [0.1, 0.15) is 6.61 Å². The van der Waals surface area contributed by atoms with Gasteiger partial charge in [-0.2, -0.15) is 0 Å². The third-order valence-electron chi connectivity index (χ3n) is 2.65. The molecule has 2 atom stereocenters. The van der Waals surface area contributed by atoms with Crippen LogP contribution in [0.3, 0.4) is 0 Å². The molecular formula is C10H17BrO2. The van der Waals surface area contributed by atoms with Gasteiger partial charge in [-0.05, 0) is 18.3 Å². The summed E-state index contributed by atoms with van der Waals surface area (Å²) >= 11 is 3.43. The van der Waals surface area contributed by atoms with Crippen molar-refractivity contribution in [3.8, 4) is 0 Å². The van der Waals surface area contributed by atoms with Crippen LogP contribution in [0.5, 0.6) is 0 Å². The van der Waals surface area contributed by atoms with Crippen LogP contribution in [-0.4, -0.2) is 17.4 Å². The Bertz CT molecular complexity index is 201. The monoisotopic (exact) mass is 248 g/mol. The van der Waals surface area contributed by atoms with Crippen LogP contribution >= 0.6 is 15.9 Å². The molecule has 0 aliphatic heterocycles. The Morgan fingerprint density at radius 3 is 2.62 bits per heavy atom. The summed E-state index contributed by atoms with van der Waals surface area (Å²) in [5.74, 6) is 0.118. The van der Waals surface area contributed by atoms with Crippen molar-refractivity contribution in [3.05, 3.63) is 0 Å². The van der Waals surface area contributed by atoms with Gasteiger partial charge in [0, 0.05) is 4.83 Å². The van der Waals surface area contributed by atoms with E-state index in [0.29, 0.717) is 11.4 Å². The van der Waals surface area contributed by atoms with E-state index < -0.39 is 0 Å². The van der Waals surface area contributed by atoms with Gasteiger partial charge in [-0.25, -0.2) is 0 Å². The van der Waals surface area contributed by atoms with Gasteiger partial charge in [0.25, 0.3) is 0 Å². The van der Waals surface area contributed by atoms with Gasteiger partial charge in [0.2, 0.25) is 0 Å². The Kier molecular flexibility index (Phi) is 3.38. The average Bonchev–Trinajstić information content (AvgIpc) is 2.70. The van der Waals surface area contributed by atoms with Crippen molar-refractivity contribution in [2.45, 2.75) is 38.4 Å². The van der Waals surface area contributed by atoms with Gasteiger partial charge < -0.3 is 4.74 Å². The first-order valence-corrected chi connectivity index (χ1v) is 5.69. The fourth-order valence-corrected chi connectivity index (χ4v) is 1.39. The lowest BCUT2D eigenvalue weighted by Crippen LogP contribution is -2.16. The standard InChI is InChI=1S/C10H17BrO2/c1-4-7(11)6-13-9(12)8-5-10(8,2)3/h7-8H,4-6H2,1-3H3/t7?,8-/m1/s1. The molecule has 1 rings (SSSR count). The maximum Gasteiger partial charge on any atom is 0.309 e. The number of hydrogen-bond acceptors (Lipinski definition) is 2. The van der Waals surface area contributed by atoms with Crippen molar-refractivity contribution in [1.82, 2.24) is 0 Å². The topological polar surface area (TPSA) is 26.3 Å². The molecule has 76 valence electrons. The zero-order valence-electron chi connectivity index (χ0n) is 8.47. The van der Waals surface area contributed by atoms with Crippen molar-refractivity contribution in [3.63, 3.8) is 0 Å². The van der Waals surface area contributed by atoms with Crippen LogP contribution in [0.15, 0.2) is 0 Å². The second-order valence-corrected chi connectivity index (χ2v) is 5.68. The van der Waals surface area contributed by atoms with E-state index in [-0.39, 0.29) is 17.3 Å². The summed E-state index contributed by atoms with van der Waals surface area (Å²) in [6.45, 7) is 6.77. The molecule has 1 aliphatic rings. The van der Waals surface area contributed by atoms with Crippen molar-refractivity contribution < 1.29 is 9.53 Å². The maximum absolute atomic E-state index is 11.4. The zero-order chi connectivity index (χ0) is 10.1. The van der Waals surface area contributed by atoms with Crippen molar-refractivity contribution >= 4 is 21.9 Å². The molecule has 0 aromatic carbocycles. The first kappa shape index (κ1) is 11.0. The molecule has 0 radical (unpaired) electrons. The summed E-state index contributed by atoms with van der Waals surface area (Å²) in [7, 11) is 0. The summed E-state index contributed by atoms with van der Waals surface area (Å²) in [6, 6.07) is 0. The predicted molar refractivity (Wildman–Crippen MR) is 55.9 cm³/mol. The lowest BCUT2D eigenvalue weighted by molar-refractivity contribution is -0.145. The van der Waals surface area contributed by atoms with Crippen molar-refractivity contribution in [2.24, 2.45) is 11.3 Å². The third-order valence-corrected chi connectivity index (χ3v) is 3.56. The summed E-state index contributed by atoms with van der Waals surface area (Å²) < 4.78 is 5.17. The molecule has 0 N–H and O–H groups in total. The minimum absolute atomic E-state index is 0.0251. The van der Waals surface area contributed by atoms with Crippen LogP contribution in [-0.2, 0) is 9.53 Å². The Balaban J connectivity index is 2.20. The van der Waals surface area contributed by atoms with Crippen LogP contribution < -0.4 is 0 Å². The average molecular weight is 249 g/mol. The number of rotatable bonds is 4. The van der Waals surface area contributed by atoms with Crippen molar-refractivity contribution in [1.29, 1.82) is 0 Å². The van der Waals surface area contributed by atoms with Gasteiger partial charge in [-0.15, -0.1) is 0 Å². The van der Waals surface area contributed by atoms with Crippen LogP contribution in [0.25, 0.3) is 0 Å². The number of halogens is 1. The lowest BCUT2D eigenvalue weighted by Gasteiger charge is -2.08. The Hall–Kier alpha value is -0.0500. The molecule has 1 fully saturated rings. The highest BCUT2D eigenvalue weighted by molar-refractivity contribution is 9.09. The van der Waals surface area contributed by atoms with E-state index in [1.807, 2.05) is 0 Å². The van der Waals surface area contributed by atoms with Crippen LogP contribution in [0, 0.1) is 11.3 Å². The van der Waals surface area contributed by atoms with E-state index in [1.54, 1.807) is 0 Å². The Morgan fingerprint density at radius 2 is 2.23 bits per heavy atom. The molecule has 13 heavy (non-hydrogen) atoms. The van der Waals surface area contributed by atoms with Gasteiger partial charge >= 0.3 is 5.97 Å². The SMILES string of the molecule is CCC(Br)COC(=O)[C@H]1CC1(C)C. The van der Waals surface area contributed by atoms with Crippen LogP contribution in [0.4, 0.5) is 0 Å². The van der Waals surface area contributed by atoms with E-state index in [0.717, 1.165) is 12.8 Å². The fraction of sp³-hybridized carbons (Fsp3) is 0.900. The molecule has 0 amide bonds. The Morgan fingerprint density at radius 1 is 1.69 bits per heavy atom. The van der Waals surface area contributed by atoms with E-state index in [2.05, 4.69) is 36.7 Å². The lowest BCUT2D eigenvalue weighted by atomic mass is 10.1. The van der Waals surface area contributed by atoms with Crippen LogP contribution in [0.1, 0.15) is 33.6 Å². The number of esters is 1.